The van der Waals surface area contributed by atoms with Crippen LogP contribution in [0.1, 0.15) is 28.8 Å². The zero-order chi connectivity index (χ0) is 19.9. The van der Waals surface area contributed by atoms with Crippen LogP contribution in [-0.2, 0) is 24.2 Å². The molecule has 4 aromatic rings. The molecule has 1 atom stereocenters. The van der Waals surface area contributed by atoms with Crippen LogP contribution in [0.2, 0.25) is 0 Å². The maximum atomic E-state index is 5.78. The predicted octanol–water partition coefficient (Wildman–Crippen LogP) is 2.88. The first-order valence-corrected chi connectivity index (χ1v) is 11.3. The lowest BCUT2D eigenvalue weighted by molar-refractivity contribution is 0.120. The number of tetrazole rings is 1. The summed E-state index contributed by atoms with van der Waals surface area (Å²) in [6.45, 7) is 4.57. The number of rotatable bonds is 5. The molecule has 3 aromatic heterocycles. The van der Waals surface area contributed by atoms with E-state index >= 15 is 0 Å². The Bertz CT molecular complexity index is 1180. The average molecular weight is 422 g/mol. The summed E-state index contributed by atoms with van der Waals surface area (Å²) < 4.78 is 7.56. The largest absolute Gasteiger partial charge is 0.376 e. The van der Waals surface area contributed by atoms with E-state index in [9.17, 15) is 0 Å². The van der Waals surface area contributed by atoms with Crippen LogP contribution >= 0.6 is 11.3 Å². The van der Waals surface area contributed by atoms with Crippen LogP contribution in [0.3, 0.4) is 0 Å². The van der Waals surface area contributed by atoms with Crippen LogP contribution in [0.25, 0.3) is 16.0 Å². The van der Waals surface area contributed by atoms with Gasteiger partial charge in [-0.2, -0.15) is 9.50 Å². The molecular weight excluding hydrogens is 398 g/mol. The van der Waals surface area contributed by atoms with Crippen LogP contribution in [0.4, 0.5) is 5.82 Å². The fourth-order valence-electron chi connectivity index (χ4n) is 4.50. The van der Waals surface area contributed by atoms with Gasteiger partial charge in [0.2, 0.25) is 0 Å². The number of nitrogens with zero attached hydrogens (tertiary/aromatic N) is 6. The SMILES string of the molecule is c1ccc(CN2CCc3c(sc4c3c(NC[C@H]3CCCO3)nc3nnnn34)C2)cc1. The highest BCUT2D eigenvalue weighted by Crippen LogP contribution is 2.38. The number of thiophene rings is 1. The predicted molar refractivity (Wildman–Crippen MR) is 116 cm³/mol. The van der Waals surface area contributed by atoms with Crippen LogP contribution in [-0.4, -0.2) is 55.7 Å². The van der Waals surface area contributed by atoms with Crippen molar-refractivity contribution >= 4 is 33.1 Å². The van der Waals surface area contributed by atoms with Crippen LogP contribution in [0.5, 0.6) is 0 Å². The molecule has 1 saturated heterocycles. The zero-order valence-corrected chi connectivity index (χ0v) is 17.4. The molecule has 0 bridgehead atoms. The molecule has 1 fully saturated rings. The van der Waals surface area contributed by atoms with Gasteiger partial charge in [-0.25, -0.2) is 0 Å². The number of fused-ring (bicyclic) bond motifs is 5. The third-order valence-electron chi connectivity index (χ3n) is 5.98. The first-order chi connectivity index (χ1) is 14.8. The number of benzene rings is 1. The maximum Gasteiger partial charge on any atom is 0.276 e. The maximum absolute atomic E-state index is 5.78. The molecule has 0 spiro atoms. The number of hydrogen-bond acceptors (Lipinski definition) is 8. The first-order valence-electron chi connectivity index (χ1n) is 10.5. The summed E-state index contributed by atoms with van der Waals surface area (Å²) in [5, 5.41) is 16.9. The summed E-state index contributed by atoms with van der Waals surface area (Å²) in [7, 11) is 0. The van der Waals surface area contributed by atoms with E-state index in [1.54, 1.807) is 15.9 Å². The van der Waals surface area contributed by atoms with Crippen molar-refractivity contribution in [1.82, 2.24) is 29.9 Å². The highest BCUT2D eigenvalue weighted by molar-refractivity contribution is 7.19. The van der Waals surface area contributed by atoms with Crippen molar-refractivity contribution in [2.45, 2.75) is 38.5 Å². The van der Waals surface area contributed by atoms with E-state index < -0.39 is 0 Å². The van der Waals surface area contributed by atoms with Crippen LogP contribution < -0.4 is 5.32 Å². The molecule has 0 amide bonds. The number of aromatic nitrogens is 5. The third kappa shape index (κ3) is 3.23. The highest BCUT2D eigenvalue weighted by Gasteiger charge is 2.26. The minimum atomic E-state index is 0.255. The number of hydrogen-bond donors (Lipinski definition) is 1. The van der Waals surface area contributed by atoms with E-state index in [1.165, 1.54) is 21.4 Å². The molecule has 5 heterocycles. The third-order valence-corrected chi connectivity index (χ3v) is 7.17. The van der Waals surface area contributed by atoms with E-state index in [0.29, 0.717) is 5.78 Å². The van der Waals surface area contributed by atoms with E-state index in [4.69, 9.17) is 9.72 Å². The summed E-state index contributed by atoms with van der Waals surface area (Å²) >= 11 is 1.79. The standard InChI is InChI=1S/C21H23N7OS/c1-2-5-14(6-3-1)12-27-9-8-16-17(13-27)30-20-18(16)19(22-11-15-7-4-10-29-15)23-21-24-25-26-28(20)21/h1-3,5-6,15H,4,7-13H2,(H,22,23,24,26)/t15-/m1/s1. The van der Waals surface area contributed by atoms with Crippen molar-refractivity contribution in [2.24, 2.45) is 0 Å². The van der Waals surface area contributed by atoms with E-state index in [0.717, 1.165) is 62.7 Å². The lowest BCUT2D eigenvalue weighted by Crippen LogP contribution is -2.29. The van der Waals surface area contributed by atoms with Crippen molar-refractivity contribution in [3.8, 4) is 0 Å². The van der Waals surface area contributed by atoms with Gasteiger partial charge in [0, 0.05) is 37.7 Å². The summed E-state index contributed by atoms with van der Waals surface area (Å²) in [4.78, 5) is 9.72. The van der Waals surface area contributed by atoms with Gasteiger partial charge in [0.05, 0.1) is 11.5 Å². The second-order valence-electron chi connectivity index (χ2n) is 8.00. The van der Waals surface area contributed by atoms with Crippen molar-refractivity contribution in [2.75, 3.05) is 25.0 Å². The Balaban J connectivity index is 1.35. The second kappa shape index (κ2) is 7.57. The second-order valence-corrected chi connectivity index (χ2v) is 9.08. The minimum absolute atomic E-state index is 0.255. The van der Waals surface area contributed by atoms with E-state index in [1.807, 2.05) is 0 Å². The Hall–Kier alpha value is -2.62. The first kappa shape index (κ1) is 18.2. The van der Waals surface area contributed by atoms with Crippen molar-refractivity contribution in [1.29, 1.82) is 0 Å². The molecule has 8 nitrogen and oxygen atoms in total. The number of nitrogens with one attached hydrogen (secondary N) is 1. The molecular formula is C21H23N7OS. The molecule has 1 aromatic carbocycles. The van der Waals surface area contributed by atoms with Gasteiger partial charge in [0.15, 0.2) is 0 Å². The Kier molecular flexibility index (Phi) is 4.59. The van der Waals surface area contributed by atoms with Crippen LogP contribution in [0.15, 0.2) is 30.3 Å². The smallest absolute Gasteiger partial charge is 0.276 e. The number of anilines is 1. The Morgan fingerprint density at radius 1 is 1.23 bits per heavy atom. The summed E-state index contributed by atoms with van der Waals surface area (Å²) in [5.74, 6) is 1.42. The van der Waals surface area contributed by atoms with Gasteiger partial charge in [-0.05, 0) is 40.8 Å². The summed E-state index contributed by atoms with van der Waals surface area (Å²) in [6.07, 6.45) is 3.49. The number of ether oxygens (including phenoxy) is 1. The summed E-state index contributed by atoms with van der Waals surface area (Å²) in [6, 6.07) is 10.7. The molecule has 2 aliphatic rings. The molecule has 0 radical (unpaired) electrons. The lowest BCUT2D eigenvalue weighted by Gasteiger charge is -2.27. The van der Waals surface area contributed by atoms with Gasteiger partial charge < -0.3 is 10.1 Å². The quantitative estimate of drug-likeness (QED) is 0.531. The normalized spacial score (nSPS) is 19.5. The fourth-order valence-corrected chi connectivity index (χ4v) is 5.83. The topological polar surface area (TPSA) is 80.5 Å². The molecule has 6 rings (SSSR count). The molecule has 0 unspecified atom stereocenters. The van der Waals surface area contributed by atoms with E-state index in [-0.39, 0.29) is 6.10 Å². The Morgan fingerprint density at radius 3 is 3.03 bits per heavy atom. The minimum Gasteiger partial charge on any atom is -0.376 e. The van der Waals surface area contributed by atoms with Gasteiger partial charge in [-0.1, -0.05) is 35.4 Å². The molecule has 9 heteroatoms. The monoisotopic (exact) mass is 421 g/mol. The van der Waals surface area contributed by atoms with Gasteiger partial charge in [-0.3, -0.25) is 4.90 Å². The zero-order valence-electron chi connectivity index (χ0n) is 16.6. The summed E-state index contributed by atoms with van der Waals surface area (Å²) in [5.41, 5.74) is 2.74. The molecule has 154 valence electrons. The van der Waals surface area contributed by atoms with Crippen LogP contribution in [0, 0.1) is 0 Å². The Morgan fingerprint density at radius 2 is 2.17 bits per heavy atom. The lowest BCUT2D eigenvalue weighted by atomic mass is 10.0. The van der Waals surface area contributed by atoms with Gasteiger partial charge >= 0.3 is 0 Å². The van der Waals surface area contributed by atoms with Gasteiger partial charge in [-0.15, -0.1) is 11.3 Å². The fraction of sp³-hybridized carbons (Fsp3) is 0.429. The van der Waals surface area contributed by atoms with Crippen molar-refractivity contribution in [3.05, 3.63) is 46.3 Å². The Labute approximate surface area is 177 Å². The molecule has 1 N–H and O–H groups in total. The highest BCUT2D eigenvalue weighted by atomic mass is 32.1. The van der Waals surface area contributed by atoms with Crippen molar-refractivity contribution in [3.63, 3.8) is 0 Å². The molecule has 2 aliphatic heterocycles. The van der Waals surface area contributed by atoms with Gasteiger partial charge in [0.25, 0.3) is 5.78 Å². The van der Waals surface area contributed by atoms with Crippen molar-refractivity contribution < 1.29 is 4.74 Å². The molecule has 0 saturated carbocycles. The molecule has 30 heavy (non-hydrogen) atoms. The molecule has 0 aliphatic carbocycles. The van der Waals surface area contributed by atoms with E-state index in [2.05, 4.69) is 56.1 Å². The van der Waals surface area contributed by atoms with Gasteiger partial charge in [0.1, 0.15) is 10.6 Å². The average Bonchev–Trinajstić information content (AvgIpc) is 3.51.